The van der Waals surface area contributed by atoms with Crippen molar-refractivity contribution < 1.29 is 23.8 Å². The molecule has 1 fully saturated rings. The Morgan fingerprint density at radius 1 is 1.10 bits per heavy atom. The molecular formula is C30H32N6O5. The summed E-state index contributed by atoms with van der Waals surface area (Å²) in [5.74, 6) is 1.62. The highest BCUT2D eigenvalue weighted by Crippen LogP contribution is 2.30. The number of ether oxygens (including phenoxy) is 2. The van der Waals surface area contributed by atoms with Crippen LogP contribution in [0.3, 0.4) is 0 Å². The van der Waals surface area contributed by atoms with Crippen LogP contribution in [0.15, 0.2) is 40.8 Å². The molecule has 4 aromatic rings. The first-order chi connectivity index (χ1) is 19.8. The second-order valence-electron chi connectivity index (χ2n) is 10.3. The summed E-state index contributed by atoms with van der Waals surface area (Å²) >= 11 is 0. The van der Waals surface area contributed by atoms with Gasteiger partial charge in [-0.3, -0.25) is 0 Å². The molecule has 0 saturated carbocycles. The molecule has 11 heteroatoms. The van der Waals surface area contributed by atoms with Gasteiger partial charge in [0, 0.05) is 36.6 Å². The van der Waals surface area contributed by atoms with Crippen molar-refractivity contribution in [3.05, 3.63) is 63.9 Å². The fourth-order valence-electron chi connectivity index (χ4n) is 5.69. The number of oxazole rings is 1. The Labute approximate surface area is 236 Å². The van der Waals surface area contributed by atoms with Crippen molar-refractivity contribution in [1.82, 2.24) is 20.1 Å². The number of carbonyl (C=O) groups excluding carboxylic acids is 1. The van der Waals surface area contributed by atoms with Crippen molar-refractivity contribution in [2.24, 2.45) is 0 Å². The summed E-state index contributed by atoms with van der Waals surface area (Å²) in [4.78, 5) is 21.5. The highest BCUT2D eigenvalue weighted by Gasteiger charge is 2.31. The van der Waals surface area contributed by atoms with E-state index < -0.39 is 0 Å². The number of fused-ring (bicyclic) bond motifs is 2. The molecule has 0 atom stereocenters. The molecule has 2 aromatic carbocycles. The maximum absolute atomic E-state index is 13.1. The Balaban J connectivity index is 1.21. The monoisotopic (exact) mass is 556 g/mol. The third-order valence-electron chi connectivity index (χ3n) is 7.86. The molecule has 41 heavy (non-hydrogen) atoms. The summed E-state index contributed by atoms with van der Waals surface area (Å²) in [7, 11) is 3.14. The molecular weight excluding hydrogens is 524 g/mol. The van der Waals surface area contributed by atoms with Crippen LogP contribution in [0.4, 0.5) is 16.3 Å². The minimum absolute atomic E-state index is 0.00247. The van der Waals surface area contributed by atoms with Gasteiger partial charge < -0.3 is 34.1 Å². The van der Waals surface area contributed by atoms with Gasteiger partial charge in [-0.15, -0.1) is 10.2 Å². The van der Waals surface area contributed by atoms with E-state index in [4.69, 9.17) is 13.9 Å². The summed E-state index contributed by atoms with van der Waals surface area (Å²) in [6, 6.07) is 11.1. The number of aryl methyl sites for hydroxylation is 1. The first-order valence-electron chi connectivity index (χ1n) is 13.6. The number of urea groups is 1. The average Bonchev–Trinajstić information content (AvgIpc) is 3.29. The first-order valence-corrected chi connectivity index (χ1v) is 13.6. The van der Waals surface area contributed by atoms with E-state index in [0.29, 0.717) is 52.9 Å². The lowest BCUT2D eigenvalue weighted by molar-refractivity contribution is 0.177. The number of anilines is 2. The number of amides is 2. The van der Waals surface area contributed by atoms with Gasteiger partial charge in [0.25, 0.3) is 0 Å². The molecule has 6 rings (SSSR count). The third kappa shape index (κ3) is 4.99. The molecule has 1 saturated heterocycles. The normalized spacial score (nSPS) is 16.7. The number of aliphatic hydroxyl groups excluding tert-OH is 1. The number of benzene rings is 2. The van der Waals surface area contributed by atoms with E-state index in [-0.39, 0.29) is 23.7 Å². The van der Waals surface area contributed by atoms with Crippen LogP contribution in [-0.4, -0.2) is 71.1 Å². The van der Waals surface area contributed by atoms with E-state index in [2.05, 4.69) is 32.0 Å². The number of nitrogens with zero attached hydrogens (tertiary/aromatic N) is 5. The van der Waals surface area contributed by atoms with Crippen LogP contribution < -0.4 is 30.5 Å². The summed E-state index contributed by atoms with van der Waals surface area (Å²) in [5, 5.41) is 23.6. The van der Waals surface area contributed by atoms with Gasteiger partial charge in [0.1, 0.15) is 17.0 Å². The Morgan fingerprint density at radius 3 is 2.66 bits per heavy atom. The molecule has 0 unspecified atom stereocenters. The number of rotatable bonds is 5. The molecule has 2 aliphatic heterocycles. The summed E-state index contributed by atoms with van der Waals surface area (Å²) in [6.45, 7) is 7.67. The average molecular weight is 557 g/mol. The largest absolute Gasteiger partial charge is 0.506 e. The molecule has 0 bridgehead atoms. The van der Waals surface area contributed by atoms with Crippen molar-refractivity contribution in [2.45, 2.75) is 32.2 Å². The van der Waals surface area contributed by atoms with Gasteiger partial charge in [-0.05, 0) is 80.3 Å². The van der Waals surface area contributed by atoms with Crippen molar-refractivity contribution in [3.63, 3.8) is 0 Å². The van der Waals surface area contributed by atoms with E-state index in [1.807, 2.05) is 36.1 Å². The number of hydrogen-bond donors (Lipinski definition) is 2. The van der Waals surface area contributed by atoms with E-state index in [9.17, 15) is 9.90 Å². The number of piperidine rings is 1. The van der Waals surface area contributed by atoms with Gasteiger partial charge in [0.05, 0.1) is 19.8 Å². The van der Waals surface area contributed by atoms with E-state index in [1.165, 1.54) is 7.11 Å². The minimum atomic E-state index is -0.0802. The maximum Gasteiger partial charge on any atom is 0.322 e. The molecule has 0 spiro atoms. The fraction of sp³-hybridized carbons (Fsp3) is 0.333. The van der Waals surface area contributed by atoms with Gasteiger partial charge in [0.2, 0.25) is 11.4 Å². The smallest absolute Gasteiger partial charge is 0.322 e. The van der Waals surface area contributed by atoms with Gasteiger partial charge in [0.15, 0.2) is 11.4 Å². The zero-order valence-electron chi connectivity index (χ0n) is 23.3. The second kappa shape index (κ2) is 10.6. The second-order valence-corrected chi connectivity index (χ2v) is 10.3. The Hall–Kier alpha value is -4.80. The lowest BCUT2D eigenvalue weighted by Crippen LogP contribution is -2.49. The van der Waals surface area contributed by atoms with Crippen LogP contribution >= 0.6 is 0 Å². The predicted octanol–water partition coefficient (Wildman–Crippen LogP) is 3.13. The molecule has 0 aliphatic carbocycles. The zero-order chi connectivity index (χ0) is 28.7. The van der Waals surface area contributed by atoms with Crippen molar-refractivity contribution in [1.29, 1.82) is 0 Å². The van der Waals surface area contributed by atoms with Crippen LogP contribution in [0.25, 0.3) is 23.4 Å². The first kappa shape index (κ1) is 26.4. The minimum Gasteiger partial charge on any atom is -0.506 e. The summed E-state index contributed by atoms with van der Waals surface area (Å²) < 4.78 is 16.4. The van der Waals surface area contributed by atoms with Crippen LogP contribution in [-0.2, 0) is 6.42 Å². The zero-order valence-corrected chi connectivity index (χ0v) is 23.3. The van der Waals surface area contributed by atoms with Crippen LogP contribution in [0.1, 0.15) is 29.5 Å². The van der Waals surface area contributed by atoms with Crippen LogP contribution in [0.5, 0.6) is 11.6 Å². The van der Waals surface area contributed by atoms with Crippen LogP contribution in [0, 0.1) is 6.92 Å². The number of nitrogens with one attached hydrogen (secondary N) is 1. The van der Waals surface area contributed by atoms with Gasteiger partial charge >= 0.3 is 6.03 Å². The van der Waals surface area contributed by atoms with Crippen molar-refractivity contribution in [2.75, 3.05) is 44.1 Å². The quantitative estimate of drug-likeness (QED) is 0.381. The Morgan fingerprint density at radius 2 is 1.90 bits per heavy atom. The standard InChI is InChI=1S/C30H32N6O5/c1-17-13-20(15-25-27(17)31-18(2)41-25)28(37)23-16-26(33-34-29(23)40-4)35-10-8-21(9-11-35)36-12-7-19-14-22(39-3)5-6-24(19)32-30(36)38/h5-6,13-16,21,37H,2,7-12H2,1,3-4H3,(H,32,38)/b28-20+. The molecule has 2 aliphatic rings. The lowest BCUT2D eigenvalue weighted by Gasteiger charge is -2.38. The molecule has 4 heterocycles. The molecule has 2 N–H and O–H groups in total. The maximum atomic E-state index is 13.1. The van der Waals surface area contributed by atoms with Crippen LogP contribution in [0.2, 0.25) is 0 Å². The summed E-state index contributed by atoms with van der Waals surface area (Å²) in [6.07, 6.45) is 2.31. The third-order valence-corrected chi connectivity index (χ3v) is 7.86. The number of methoxy groups -OCH3 is 2. The molecule has 2 amide bonds. The Bertz CT molecular complexity index is 1740. The van der Waals surface area contributed by atoms with Gasteiger partial charge in [-0.25, -0.2) is 9.78 Å². The Kier molecular flexibility index (Phi) is 6.86. The number of aromatic nitrogens is 3. The predicted molar refractivity (Wildman–Crippen MR) is 155 cm³/mol. The number of carbonyl (C=O) groups is 1. The van der Waals surface area contributed by atoms with E-state index in [1.54, 1.807) is 19.2 Å². The van der Waals surface area contributed by atoms with E-state index in [0.717, 1.165) is 41.8 Å². The summed E-state index contributed by atoms with van der Waals surface area (Å²) in [5.41, 5.74) is 4.74. The van der Waals surface area contributed by atoms with Gasteiger partial charge in [-0.2, -0.15) is 0 Å². The highest BCUT2D eigenvalue weighted by molar-refractivity contribution is 5.91. The molecule has 11 nitrogen and oxygen atoms in total. The topological polar surface area (TPSA) is 126 Å². The molecule has 0 radical (unpaired) electrons. The lowest BCUT2D eigenvalue weighted by atomic mass is 10.0. The number of hydrogen-bond acceptors (Lipinski definition) is 9. The SMILES string of the molecule is C=c1nc2c(C)c/c(=C(\O)c3cc(N4CCC(N5CCc6cc(OC)ccc6NC5=O)CC4)nnc3OC)cc2o1. The van der Waals surface area contributed by atoms with E-state index >= 15 is 0 Å². The fourth-order valence-corrected chi connectivity index (χ4v) is 5.69. The van der Waals surface area contributed by atoms with Gasteiger partial charge in [-0.1, -0.05) is 0 Å². The number of aliphatic hydroxyl groups is 1. The van der Waals surface area contributed by atoms with Crippen molar-refractivity contribution in [3.8, 4) is 11.6 Å². The highest BCUT2D eigenvalue weighted by atomic mass is 16.5. The molecule has 212 valence electrons. The van der Waals surface area contributed by atoms with Crippen molar-refractivity contribution >= 4 is 41.0 Å². The molecule has 2 aromatic heterocycles.